The third-order valence-corrected chi connectivity index (χ3v) is 4.78. The molecule has 8 nitrogen and oxygen atoms in total. The summed E-state index contributed by atoms with van der Waals surface area (Å²) in [6, 6.07) is 8.79. The molecule has 0 spiro atoms. The Labute approximate surface area is 175 Å². The van der Waals surface area contributed by atoms with Gasteiger partial charge in [-0.25, -0.2) is 5.43 Å². The summed E-state index contributed by atoms with van der Waals surface area (Å²) < 4.78 is 7.47. The van der Waals surface area contributed by atoms with Crippen molar-refractivity contribution < 1.29 is 14.0 Å². The molecule has 2 aromatic heterocycles. The number of hydrogen-bond donors (Lipinski definition) is 2. The molecule has 0 aliphatic heterocycles. The summed E-state index contributed by atoms with van der Waals surface area (Å²) in [7, 11) is 1.75. The lowest BCUT2D eigenvalue weighted by molar-refractivity contribution is 0.0947. The summed E-state index contributed by atoms with van der Waals surface area (Å²) in [5.74, 6) is -0.0410. The number of rotatable bonds is 5. The zero-order valence-electron chi connectivity index (χ0n) is 15.5. The molecule has 0 saturated carbocycles. The van der Waals surface area contributed by atoms with Gasteiger partial charge in [-0.3, -0.25) is 14.3 Å². The highest BCUT2D eigenvalue weighted by atomic mass is 127. The standard InChI is InChI=1S/C19H18IN5O3/c1-11(22-23-19(27)17-16(20)10-25(3)24-17)13-4-6-14(7-5-13)21-18(26)15-8-9-28-12(15)2/h4-10H,1-3H3,(H,21,26)(H,23,27)/b22-11-. The summed E-state index contributed by atoms with van der Waals surface area (Å²) in [6.07, 6.45) is 3.23. The molecule has 0 saturated heterocycles. The Morgan fingerprint density at radius 1 is 1.18 bits per heavy atom. The number of nitrogens with zero attached hydrogens (tertiary/aromatic N) is 3. The maximum absolute atomic E-state index is 12.2. The molecule has 9 heteroatoms. The quantitative estimate of drug-likeness (QED) is 0.325. The van der Waals surface area contributed by atoms with E-state index in [1.54, 1.807) is 50.0 Å². The minimum atomic E-state index is -0.372. The van der Waals surface area contributed by atoms with E-state index in [0.29, 0.717) is 28.4 Å². The maximum Gasteiger partial charge on any atom is 0.292 e. The summed E-state index contributed by atoms with van der Waals surface area (Å²) >= 11 is 2.05. The maximum atomic E-state index is 12.2. The van der Waals surface area contributed by atoms with Gasteiger partial charge in [0.2, 0.25) is 0 Å². The number of aromatic nitrogens is 2. The smallest absolute Gasteiger partial charge is 0.292 e. The van der Waals surface area contributed by atoms with Gasteiger partial charge in [-0.15, -0.1) is 0 Å². The predicted molar refractivity (Wildman–Crippen MR) is 113 cm³/mol. The zero-order chi connectivity index (χ0) is 20.3. The minimum Gasteiger partial charge on any atom is -0.469 e. The number of benzene rings is 1. The molecule has 3 rings (SSSR count). The number of carbonyl (C=O) groups excluding carboxylic acids is 2. The van der Waals surface area contributed by atoms with Crippen LogP contribution in [-0.4, -0.2) is 27.3 Å². The van der Waals surface area contributed by atoms with Gasteiger partial charge in [0.15, 0.2) is 5.69 Å². The van der Waals surface area contributed by atoms with E-state index in [9.17, 15) is 9.59 Å². The molecular weight excluding hydrogens is 473 g/mol. The van der Waals surface area contributed by atoms with Gasteiger partial charge in [-0.2, -0.15) is 10.2 Å². The van der Waals surface area contributed by atoms with E-state index < -0.39 is 0 Å². The van der Waals surface area contributed by atoms with Crippen molar-refractivity contribution in [2.24, 2.45) is 12.1 Å². The number of hydrogen-bond acceptors (Lipinski definition) is 5. The summed E-state index contributed by atoms with van der Waals surface area (Å²) in [5.41, 5.74) is 5.42. The first-order chi connectivity index (χ1) is 13.3. The van der Waals surface area contributed by atoms with Gasteiger partial charge in [0.1, 0.15) is 5.76 Å². The fourth-order valence-electron chi connectivity index (χ4n) is 2.48. The van der Waals surface area contributed by atoms with Crippen molar-refractivity contribution in [2.45, 2.75) is 13.8 Å². The van der Waals surface area contributed by atoms with Gasteiger partial charge in [0.25, 0.3) is 11.8 Å². The molecule has 0 unspecified atom stereocenters. The molecule has 144 valence electrons. The number of anilines is 1. The largest absolute Gasteiger partial charge is 0.469 e. The average molecular weight is 491 g/mol. The molecule has 0 bridgehead atoms. The number of nitrogens with one attached hydrogen (secondary N) is 2. The van der Waals surface area contributed by atoms with Gasteiger partial charge >= 0.3 is 0 Å². The van der Waals surface area contributed by atoms with E-state index >= 15 is 0 Å². The molecule has 1 aromatic carbocycles. The van der Waals surface area contributed by atoms with Crippen molar-refractivity contribution in [1.82, 2.24) is 15.2 Å². The Balaban J connectivity index is 1.64. The Kier molecular flexibility index (Phi) is 5.93. The van der Waals surface area contributed by atoms with Gasteiger partial charge < -0.3 is 9.73 Å². The van der Waals surface area contributed by atoms with Crippen LogP contribution in [0, 0.1) is 10.5 Å². The van der Waals surface area contributed by atoms with Crippen LogP contribution in [0.25, 0.3) is 0 Å². The summed E-state index contributed by atoms with van der Waals surface area (Å²) in [5, 5.41) is 11.0. The molecule has 0 aliphatic carbocycles. The molecule has 2 amide bonds. The van der Waals surface area contributed by atoms with Crippen LogP contribution in [-0.2, 0) is 7.05 Å². The molecular formula is C19H18IN5O3. The van der Waals surface area contributed by atoms with Crippen LogP contribution >= 0.6 is 22.6 Å². The fraction of sp³-hybridized carbons (Fsp3) is 0.158. The Hall–Kier alpha value is -2.95. The van der Waals surface area contributed by atoms with Gasteiger partial charge in [-0.05, 0) is 60.2 Å². The van der Waals surface area contributed by atoms with Crippen molar-refractivity contribution in [1.29, 1.82) is 0 Å². The summed E-state index contributed by atoms with van der Waals surface area (Å²) in [4.78, 5) is 24.4. The number of hydrazone groups is 1. The zero-order valence-corrected chi connectivity index (χ0v) is 17.6. The second-order valence-corrected chi connectivity index (χ2v) is 7.22. The van der Waals surface area contributed by atoms with E-state index in [2.05, 4.69) is 43.5 Å². The summed E-state index contributed by atoms with van der Waals surface area (Å²) in [6.45, 7) is 3.52. The van der Waals surface area contributed by atoms with Crippen LogP contribution in [0.3, 0.4) is 0 Å². The fourth-order valence-corrected chi connectivity index (χ4v) is 3.24. The number of aryl methyl sites for hydroxylation is 2. The number of furan rings is 1. The minimum absolute atomic E-state index is 0.235. The third-order valence-electron chi connectivity index (χ3n) is 3.99. The van der Waals surface area contributed by atoms with Gasteiger partial charge in [0, 0.05) is 18.9 Å². The monoisotopic (exact) mass is 491 g/mol. The normalized spacial score (nSPS) is 11.4. The number of carbonyl (C=O) groups is 2. The first-order valence-corrected chi connectivity index (χ1v) is 9.42. The molecule has 2 N–H and O–H groups in total. The molecule has 0 aliphatic rings. The second-order valence-electron chi connectivity index (χ2n) is 6.06. The first kappa shape index (κ1) is 19.8. The van der Waals surface area contributed by atoms with Crippen molar-refractivity contribution in [3.8, 4) is 0 Å². The van der Waals surface area contributed by atoms with Crippen LogP contribution in [0.5, 0.6) is 0 Å². The van der Waals surface area contributed by atoms with Crippen LogP contribution in [0.15, 0.2) is 52.3 Å². The van der Waals surface area contributed by atoms with Crippen LogP contribution in [0.1, 0.15) is 39.1 Å². The van der Waals surface area contributed by atoms with Crippen molar-refractivity contribution >= 4 is 45.8 Å². The van der Waals surface area contributed by atoms with E-state index in [0.717, 1.165) is 9.13 Å². The van der Waals surface area contributed by atoms with Crippen LogP contribution in [0.4, 0.5) is 5.69 Å². The van der Waals surface area contributed by atoms with E-state index in [4.69, 9.17) is 4.42 Å². The molecule has 3 aromatic rings. The molecule has 0 fully saturated rings. The van der Waals surface area contributed by atoms with Gasteiger partial charge in [-0.1, -0.05) is 12.1 Å². The second kappa shape index (κ2) is 8.38. The van der Waals surface area contributed by atoms with Crippen LogP contribution < -0.4 is 10.7 Å². The predicted octanol–water partition coefficient (Wildman–Crippen LogP) is 3.33. The van der Waals surface area contributed by atoms with E-state index in [-0.39, 0.29) is 11.8 Å². The Morgan fingerprint density at radius 3 is 2.46 bits per heavy atom. The SMILES string of the molecule is C/C(=N/NC(=O)c1nn(C)cc1I)c1ccc(NC(=O)c2ccoc2C)cc1. The number of amides is 2. The highest BCUT2D eigenvalue weighted by molar-refractivity contribution is 14.1. The molecule has 28 heavy (non-hydrogen) atoms. The topological polar surface area (TPSA) is 102 Å². The Bertz CT molecular complexity index is 1050. The third kappa shape index (κ3) is 4.47. The highest BCUT2D eigenvalue weighted by Crippen LogP contribution is 2.15. The Morgan fingerprint density at radius 2 is 1.89 bits per heavy atom. The van der Waals surface area contributed by atoms with Crippen molar-refractivity contribution in [2.75, 3.05) is 5.32 Å². The number of halogens is 1. The lowest BCUT2D eigenvalue weighted by atomic mass is 10.1. The van der Waals surface area contributed by atoms with Crippen LogP contribution in [0.2, 0.25) is 0 Å². The van der Waals surface area contributed by atoms with E-state index in [1.807, 2.05) is 12.1 Å². The first-order valence-electron chi connectivity index (χ1n) is 8.35. The van der Waals surface area contributed by atoms with Gasteiger partial charge in [0.05, 0.1) is 21.1 Å². The van der Waals surface area contributed by atoms with Crippen molar-refractivity contribution in [3.63, 3.8) is 0 Å². The van der Waals surface area contributed by atoms with E-state index in [1.165, 1.54) is 6.26 Å². The molecule has 0 radical (unpaired) electrons. The molecule has 2 heterocycles. The lowest BCUT2D eigenvalue weighted by Gasteiger charge is -2.06. The lowest BCUT2D eigenvalue weighted by Crippen LogP contribution is -2.21. The average Bonchev–Trinajstić information content (AvgIpc) is 3.24. The van der Waals surface area contributed by atoms with Crippen molar-refractivity contribution in [3.05, 3.63) is 68.9 Å². The molecule has 0 atom stereocenters. The highest BCUT2D eigenvalue weighted by Gasteiger charge is 2.14.